The summed E-state index contributed by atoms with van der Waals surface area (Å²) >= 11 is 3.57. The van der Waals surface area contributed by atoms with E-state index < -0.39 is 0 Å². The summed E-state index contributed by atoms with van der Waals surface area (Å²) in [5.74, 6) is 0.992. The van der Waals surface area contributed by atoms with Crippen LogP contribution in [0.3, 0.4) is 0 Å². The lowest BCUT2D eigenvalue weighted by Gasteiger charge is -2.28. The molecule has 1 unspecified atom stereocenters. The van der Waals surface area contributed by atoms with E-state index in [2.05, 4.69) is 67.1 Å². The van der Waals surface area contributed by atoms with Crippen LogP contribution in [0.1, 0.15) is 38.1 Å². The fourth-order valence-electron chi connectivity index (χ4n) is 2.42. The summed E-state index contributed by atoms with van der Waals surface area (Å²) in [6.07, 6.45) is 0. The zero-order chi connectivity index (χ0) is 13.5. The lowest BCUT2D eigenvalue weighted by molar-refractivity contribution is 0.253. The van der Waals surface area contributed by atoms with Gasteiger partial charge in [0.2, 0.25) is 0 Å². The van der Waals surface area contributed by atoms with Crippen LogP contribution in [0.4, 0.5) is 0 Å². The molecule has 2 rings (SSSR count). The molecule has 0 saturated heterocycles. The zero-order valence-electron chi connectivity index (χ0n) is 11.6. The van der Waals surface area contributed by atoms with Gasteiger partial charge in [0.25, 0.3) is 0 Å². The Kier molecular flexibility index (Phi) is 3.56. The number of fused-ring (bicyclic) bond motifs is 1. The van der Waals surface area contributed by atoms with Crippen LogP contribution < -0.4 is 5.32 Å². The minimum absolute atomic E-state index is 0.115. The van der Waals surface area contributed by atoms with Crippen molar-refractivity contribution in [3.05, 3.63) is 34.0 Å². The second-order valence-electron chi connectivity index (χ2n) is 5.90. The number of nitrogens with one attached hydrogen (secondary N) is 1. The third-order valence-electron chi connectivity index (χ3n) is 3.17. The number of aryl methyl sites for hydroxylation is 1. The molecule has 1 aromatic heterocycles. The minimum Gasteiger partial charge on any atom is -0.458 e. The highest BCUT2D eigenvalue weighted by atomic mass is 79.9. The van der Waals surface area contributed by atoms with Gasteiger partial charge in [0.15, 0.2) is 0 Å². The van der Waals surface area contributed by atoms with Crippen molar-refractivity contribution in [1.82, 2.24) is 5.32 Å². The Morgan fingerprint density at radius 1 is 1.22 bits per heavy atom. The summed E-state index contributed by atoms with van der Waals surface area (Å²) in [5.41, 5.74) is 2.28. The molecule has 0 aliphatic rings. The molecule has 18 heavy (non-hydrogen) atoms. The van der Waals surface area contributed by atoms with Gasteiger partial charge in [0.1, 0.15) is 11.3 Å². The zero-order valence-corrected chi connectivity index (χ0v) is 13.2. The highest BCUT2D eigenvalue weighted by molar-refractivity contribution is 9.10. The molecular weight excluding hydrogens is 290 g/mol. The Morgan fingerprint density at radius 3 is 2.44 bits per heavy atom. The van der Waals surface area contributed by atoms with E-state index in [4.69, 9.17) is 4.42 Å². The maximum atomic E-state index is 6.02. The van der Waals surface area contributed by atoms with Crippen molar-refractivity contribution >= 4 is 26.9 Å². The summed E-state index contributed by atoms with van der Waals surface area (Å²) in [7, 11) is 1.98. The van der Waals surface area contributed by atoms with Gasteiger partial charge in [-0.05, 0) is 59.1 Å². The molecule has 1 heterocycles. The van der Waals surface area contributed by atoms with Gasteiger partial charge >= 0.3 is 0 Å². The van der Waals surface area contributed by atoms with E-state index >= 15 is 0 Å². The van der Waals surface area contributed by atoms with Gasteiger partial charge in [-0.15, -0.1) is 0 Å². The molecule has 98 valence electrons. The van der Waals surface area contributed by atoms with Crippen molar-refractivity contribution in [3.8, 4) is 0 Å². The van der Waals surface area contributed by atoms with Crippen LogP contribution in [-0.4, -0.2) is 7.05 Å². The van der Waals surface area contributed by atoms with E-state index in [1.165, 1.54) is 5.56 Å². The normalized spacial score (nSPS) is 14.1. The van der Waals surface area contributed by atoms with Gasteiger partial charge < -0.3 is 9.73 Å². The standard InChI is InChI=1S/C15H20BrNO/c1-9-6-10-8-12(14(17-5)15(2,3)4)18-13(10)11(16)7-9/h6-8,14,17H,1-5H3. The number of hydrogen-bond donors (Lipinski definition) is 1. The number of rotatable bonds is 2. The van der Waals surface area contributed by atoms with Gasteiger partial charge in [-0.3, -0.25) is 0 Å². The molecule has 0 radical (unpaired) electrons. The first-order valence-corrected chi connectivity index (χ1v) is 6.99. The molecule has 0 aliphatic carbocycles. The molecule has 3 heteroatoms. The largest absolute Gasteiger partial charge is 0.458 e. The van der Waals surface area contributed by atoms with Crippen LogP contribution in [0, 0.1) is 12.3 Å². The monoisotopic (exact) mass is 309 g/mol. The van der Waals surface area contributed by atoms with E-state index in [-0.39, 0.29) is 11.5 Å². The highest BCUT2D eigenvalue weighted by Gasteiger charge is 2.28. The molecule has 2 nitrogen and oxygen atoms in total. The molecule has 0 saturated carbocycles. The van der Waals surface area contributed by atoms with E-state index in [9.17, 15) is 0 Å². The van der Waals surface area contributed by atoms with Crippen LogP contribution in [-0.2, 0) is 0 Å². The van der Waals surface area contributed by atoms with Crippen molar-refractivity contribution in [1.29, 1.82) is 0 Å². The number of furan rings is 1. The summed E-state index contributed by atoms with van der Waals surface area (Å²) in [6, 6.07) is 6.58. The fraction of sp³-hybridized carbons (Fsp3) is 0.467. The molecule has 0 fully saturated rings. The molecule has 1 N–H and O–H groups in total. The molecule has 0 spiro atoms. The Labute approximate surface area is 117 Å². The number of halogens is 1. The van der Waals surface area contributed by atoms with Crippen molar-refractivity contribution in [3.63, 3.8) is 0 Å². The average Bonchev–Trinajstić information content (AvgIpc) is 2.59. The maximum Gasteiger partial charge on any atom is 0.148 e. The van der Waals surface area contributed by atoms with Gasteiger partial charge in [-0.1, -0.05) is 20.8 Å². The summed E-state index contributed by atoms with van der Waals surface area (Å²) in [5, 5.41) is 4.50. The van der Waals surface area contributed by atoms with Gasteiger partial charge in [-0.2, -0.15) is 0 Å². The Balaban J connectivity index is 2.56. The quantitative estimate of drug-likeness (QED) is 0.861. The van der Waals surface area contributed by atoms with Crippen LogP contribution in [0.2, 0.25) is 0 Å². The Bertz CT molecular complexity index is 566. The van der Waals surface area contributed by atoms with Gasteiger partial charge in [0.05, 0.1) is 10.5 Å². The first kappa shape index (κ1) is 13.6. The van der Waals surface area contributed by atoms with Crippen LogP contribution in [0.25, 0.3) is 11.0 Å². The highest BCUT2D eigenvalue weighted by Crippen LogP contribution is 2.37. The predicted octanol–water partition coefficient (Wildman–Crippen LogP) is 4.81. The maximum absolute atomic E-state index is 6.02. The second-order valence-corrected chi connectivity index (χ2v) is 6.76. The number of benzene rings is 1. The van der Waals surface area contributed by atoms with E-state index in [1.54, 1.807) is 0 Å². The molecule has 1 aromatic carbocycles. The van der Waals surface area contributed by atoms with Gasteiger partial charge in [-0.25, -0.2) is 0 Å². The Hall–Kier alpha value is -0.800. The van der Waals surface area contributed by atoms with E-state index in [0.717, 1.165) is 21.2 Å². The van der Waals surface area contributed by atoms with Gasteiger partial charge in [0, 0.05) is 5.39 Å². The Morgan fingerprint density at radius 2 is 1.89 bits per heavy atom. The van der Waals surface area contributed by atoms with Crippen LogP contribution in [0.5, 0.6) is 0 Å². The SMILES string of the molecule is CNC(c1cc2cc(C)cc(Br)c2o1)C(C)(C)C. The van der Waals surface area contributed by atoms with Crippen molar-refractivity contribution < 1.29 is 4.42 Å². The third-order valence-corrected chi connectivity index (χ3v) is 3.76. The number of hydrogen-bond acceptors (Lipinski definition) is 2. The molecule has 0 bridgehead atoms. The molecule has 0 amide bonds. The smallest absolute Gasteiger partial charge is 0.148 e. The lowest BCUT2D eigenvalue weighted by atomic mass is 9.85. The third kappa shape index (κ3) is 2.47. The van der Waals surface area contributed by atoms with Crippen LogP contribution >= 0.6 is 15.9 Å². The van der Waals surface area contributed by atoms with E-state index in [0.29, 0.717) is 0 Å². The van der Waals surface area contributed by atoms with Crippen LogP contribution in [0.15, 0.2) is 27.1 Å². The lowest BCUT2D eigenvalue weighted by Crippen LogP contribution is -2.29. The van der Waals surface area contributed by atoms with Crippen molar-refractivity contribution in [2.45, 2.75) is 33.7 Å². The van der Waals surface area contributed by atoms with Crippen molar-refractivity contribution in [2.24, 2.45) is 5.41 Å². The topological polar surface area (TPSA) is 25.2 Å². The fourth-order valence-corrected chi connectivity index (χ4v) is 3.09. The molecule has 2 aromatic rings. The van der Waals surface area contributed by atoms with Crippen molar-refractivity contribution in [2.75, 3.05) is 7.05 Å². The first-order valence-electron chi connectivity index (χ1n) is 6.20. The second kappa shape index (κ2) is 4.71. The molecule has 0 aliphatic heterocycles. The predicted molar refractivity (Wildman–Crippen MR) is 79.9 cm³/mol. The van der Waals surface area contributed by atoms with E-state index in [1.807, 2.05) is 7.05 Å². The molecular formula is C15H20BrNO. The summed E-state index contributed by atoms with van der Waals surface area (Å²) in [4.78, 5) is 0. The first-order chi connectivity index (χ1) is 8.32. The minimum atomic E-state index is 0.115. The molecule has 1 atom stereocenters. The average molecular weight is 310 g/mol. The summed E-state index contributed by atoms with van der Waals surface area (Å²) < 4.78 is 7.04. The summed E-state index contributed by atoms with van der Waals surface area (Å²) in [6.45, 7) is 8.72.